The van der Waals surface area contributed by atoms with Crippen LogP contribution in [-0.4, -0.2) is 33.1 Å². The minimum atomic E-state index is -0.682. The van der Waals surface area contributed by atoms with Crippen LogP contribution in [0.15, 0.2) is 59.3 Å². The summed E-state index contributed by atoms with van der Waals surface area (Å²) in [6.45, 7) is 15.4. The molecule has 0 spiro atoms. The zero-order valence-corrected chi connectivity index (χ0v) is 23.6. The van der Waals surface area contributed by atoms with E-state index < -0.39 is 17.8 Å². The molecule has 0 aromatic heterocycles. The molecule has 0 aromatic carbocycles. The minimum Gasteiger partial charge on any atom is -0.393 e. The fourth-order valence-corrected chi connectivity index (χ4v) is 7.65. The van der Waals surface area contributed by atoms with Crippen LogP contribution >= 0.6 is 0 Å². The first-order valence-electron chi connectivity index (χ1n) is 14.6. The quantitative estimate of drug-likeness (QED) is 0.288. The molecule has 3 saturated carbocycles. The molecule has 3 rings (SSSR count). The molecule has 0 radical (unpaired) electrons. The van der Waals surface area contributed by atoms with Gasteiger partial charge in [-0.25, -0.2) is 0 Å². The van der Waals surface area contributed by atoms with Gasteiger partial charge in [-0.2, -0.15) is 0 Å². The Balaban J connectivity index is 1.73. The van der Waals surface area contributed by atoms with Gasteiger partial charge in [0.25, 0.3) is 0 Å². The van der Waals surface area contributed by atoms with Gasteiger partial charge in [0.1, 0.15) is 0 Å². The Kier molecular flexibility index (Phi) is 10.1. The van der Waals surface area contributed by atoms with Gasteiger partial charge in [-0.3, -0.25) is 0 Å². The molecule has 3 nitrogen and oxygen atoms in total. The van der Waals surface area contributed by atoms with Crippen LogP contribution in [0.4, 0.5) is 0 Å². The summed E-state index contributed by atoms with van der Waals surface area (Å²) in [5.41, 5.74) is 4.10. The predicted octanol–water partition coefficient (Wildman–Crippen LogP) is 7.60. The molecule has 3 aliphatic carbocycles. The van der Waals surface area contributed by atoms with E-state index in [9.17, 15) is 15.3 Å². The van der Waals surface area contributed by atoms with Crippen molar-refractivity contribution in [1.29, 1.82) is 0 Å². The van der Waals surface area contributed by atoms with E-state index in [2.05, 4.69) is 71.6 Å². The first kappa shape index (κ1) is 29.1. The van der Waals surface area contributed by atoms with Crippen molar-refractivity contribution in [1.82, 2.24) is 0 Å². The highest BCUT2D eigenvalue weighted by molar-refractivity contribution is 5.38. The summed E-state index contributed by atoms with van der Waals surface area (Å²) in [5, 5.41) is 31.3. The molecule has 0 aliphatic heterocycles. The van der Waals surface area contributed by atoms with Gasteiger partial charge in [0.2, 0.25) is 0 Å². The number of aliphatic hydroxyl groups is 3. The van der Waals surface area contributed by atoms with Crippen molar-refractivity contribution in [2.24, 2.45) is 23.2 Å². The lowest BCUT2D eigenvalue weighted by Crippen LogP contribution is -2.35. The van der Waals surface area contributed by atoms with E-state index in [1.807, 2.05) is 0 Å². The monoisotopic (exact) mass is 496 g/mol. The van der Waals surface area contributed by atoms with E-state index in [0.29, 0.717) is 36.0 Å². The summed E-state index contributed by atoms with van der Waals surface area (Å²) in [6.07, 6.45) is 20.8. The highest BCUT2D eigenvalue weighted by atomic mass is 16.3. The molecular weight excluding hydrogens is 444 g/mol. The van der Waals surface area contributed by atoms with Gasteiger partial charge in [-0.15, -0.1) is 0 Å². The first-order chi connectivity index (χ1) is 17.0. The zero-order valence-electron chi connectivity index (χ0n) is 23.6. The van der Waals surface area contributed by atoms with E-state index in [1.54, 1.807) is 0 Å². The lowest BCUT2D eigenvalue weighted by Gasteiger charge is -2.44. The minimum absolute atomic E-state index is 0.303. The van der Waals surface area contributed by atoms with Crippen LogP contribution in [0.25, 0.3) is 0 Å². The molecule has 0 bridgehead atoms. The standard InChI is InChI=1S/C33H52O3/c1-7-17-33(36,18-8-2)22-23(3)11-12-24(4)29-15-16-30-26(10-9-19-32(29,30)6)13-14-27-20-28(34)21-31(35)25(27)5/h11-14,22,24,28-31,34-36H,5,7-10,15-21H2,1-4,6H3/b12-11+,23-22+,26-13+,27-14-/t24-,28-,29-,30+,31+,32-/m1/s1. The SMILES string of the molecule is C=C1/C(=C\C=C2/CCC[C@]3(C)[C@@H]([C@H](C)/C=C/C(C)=C/C(O)(CCC)CCC)CC[C@@H]23)C[C@@H](O)C[C@@H]1O. The second-order valence-corrected chi connectivity index (χ2v) is 12.4. The Hall–Kier alpha value is -1.42. The van der Waals surface area contributed by atoms with Gasteiger partial charge in [0, 0.05) is 6.42 Å². The summed E-state index contributed by atoms with van der Waals surface area (Å²) >= 11 is 0. The normalized spacial score (nSPS) is 35.1. The van der Waals surface area contributed by atoms with Gasteiger partial charge in [-0.05, 0) is 92.6 Å². The predicted molar refractivity (Wildman–Crippen MR) is 152 cm³/mol. The van der Waals surface area contributed by atoms with Gasteiger partial charge >= 0.3 is 0 Å². The van der Waals surface area contributed by atoms with Crippen LogP contribution in [0, 0.1) is 23.2 Å². The van der Waals surface area contributed by atoms with Crippen LogP contribution in [0.1, 0.15) is 105 Å². The van der Waals surface area contributed by atoms with Crippen LogP contribution < -0.4 is 0 Å². The summed E-state index contributed by atoms with van der Waals surface area (Å²) in [6, 6.07) is 0. The Bertz CT molecular complexity index is 885. The second kappa shape index (κ2) is 12.4. The average molecular weight is 497 g/mol. The number of fused-ring (bicyclic) bond motifs is 1. The Labute approximate surface area is 220 Å². The Morgan fingerprint density at radius 1 is 1.17 bits per heavy atom. The third-order valence-corrected chi connectivity index (χ3v) is 9.46. The van der Waals surface area contributed by atoms with Crippen molar-refractivity contribution in [2.75, 3.05) is 0 Å². The van der Waals surface area contributed by atoms with E-state index in [0.717, 1.165) is 43.3 Å². The van der Waals surface area contributed by atoms with E-state index in [-0.39, 0.29) is 0 Å². The molecule has 6 atom stereocenters. The smallest absolute Gasteiger partial charge is 0.0833 e. The molecule has 0 heterocycles. The number of rotatable bonds is 9. The summed E-state index contributed by atoms with van der Waals surface area (Å²) in [7, 11) is 0. The molecule has 0 amide bonds. The highest BCUT2D eigenvalue weighted by Crippen LogP contribution is 2.59. The third kappa shape index (κ3) is 6.71. The number of hydrogen-bond acceptors (Lipinski definition) is 3. The maximum Gasteiger partial charge on any atom is 0.0833 e. The van der Waals surface area contributed by atoms with Crippen molar-refractivity contribution in [2.45, 2.75) is 123 Å². The topological polar surface area (TPSA) is 60.7 Å². The maximum atomic E-state index is 11.0. The van der Waals surface area contributed by atoms with Crippen LogP contribution in [0.5, 0.6) is 0 Å². The molecule has 0 unspecified atom stereocenters. The van der Waals surface area contributed by atoms with Crippen molar-refractivity contribution in [3.63, 3.8) is 0 Å². The van der Waals surface area contributed by atoms with Gasteiger partial charge in [-0.1, -0.05) is 88.6 Å². The van der Waals surface area contributed by atoms with Crippen molar-refractivity contribution < 1.29 is 15.3 Å². The van der Waals surface area contributed by atoms with E-state index in [1.165, 1.54) is 36.8 Å². The maximum absolute atomic E-state index is 11.0. The second-order valence-electron chi connectivity index (χ2n) is 12.4. The van der Waals surface area contributed by atoms with E-state index in [4.69, 9.17) is 0 Å². The van der Waals surface area contributed by atoms with Crippen LogP contribution in [-0.2, 0) is 0 Å². The van der Waals surface area contributed by atoms with Gasteiger partial charge in [0.05, 0.1) is 17.8 Å². The number of hydrogen-bond donors (Lipinski definition) is 3. The molecule has 0 saturated heterocycles. The zero-order chi connectivity index (χ0) is 26.5. The van der Waals surface area contributed by atoms with Crippen LogP contribution in [0.3, 0.4) is 0 Å². The van der Waals surface area contributed by atoms with Gasteiger partial charge < -0.3 is 15.3 Å². The molecule has 3 heteroatoms. The molecule has 3 aliphatic rings. The summed E-state index contributed by atoms with van der Waals surface area (Å²) in [4.78, 5) is 0. The molecular formula is C33H52O3. The molecule has 3 N–H and O–H groups in total. The molecule has 36 heavy (non-hydrogen) atoms. The Morgan fingerprint density at radius 2 is 1.86 bits per heavy atom. The van der Waals surface area contributed by atoms with Crippen molar-refractivity contribution >= 4 is 0 Å². The van der Waals surface area contributed by atoms with Crippen molar-refractivity contribution in [3.05, 3.63) is 59.3 Å². The summed E-state index contributed by atoms with van der Waals surface area (Å²) < 4.78 is 0. The fraction of sp³-hybridized carbons (Fsp3) is 0.697. The lowest BCUT2D eigenvalue weighted by molar-refractivity contribution is 0.0700. The van der Waals surface area contributed by atoms with E-state index >= 15 is 0 Å². The average Bonchev–Trinajstić information content (AvgIpc) is 3.16. The van der Waals surface area contributed by atoms with Crippen molar-refractivity contribution in [3.8, 4) is 0 Å². The molecule has 3 fully saturated rings. The first-order valence-corrected chi connectivity index (χ1v) is 14.6. The fourth-order valence-electron chi connectivity index (χ4n) is 7.65. The molecule has 202 valence electrons. The number of aliphatic hydroxyl groups excluding tert-OH is 2. The Morgan fingerprint density at radius 3 is 2.53 bits per heavy atom. The largest absolute Gasteiger partial charge is 0.393 e. The van der Waals surface area contributed by atoms with Crippen LogP contribution in [0.2, 0.25) is 0 Å². The number of allylic oxidation sites excluding steroid dienone is 6. The highest BCUT2D eigenvalue weighted by Gasteiger charge is 2.50. The lowest BCUT2D eigenvalue weighted by atomic mass is 9.61. The molecule has 0 aromatic rings. The van der Waals surface area contributed by atoms with Gasteiger partial charge in [0.15, 0.2) is 0 Å². The summed E-state index contributed by atoms with van der Waals surface area (Å²) in [5.74, 6) is 1.75. The third-order valence-electron chi connectivity index (χ3n) is 9.46.